The molecule has 0 saturated carbocycles. The lowest BCUT2D eigenvalue weighted by Gasteiger charge is -2.15. The van der Waals surface area contributed by atoms with E-state index in [0.29, 0.717) is 12.0 Å². The molecule has 0 aliphatic carbocycles. The van der Waals surface area contributed by atoms with Gasteiger partial charge in [0.25, 0.3) is 0 Å². The van der Waals surface area contributed by atoms with Gasteiger partial charge >= 0.3 is 6.61 Å². The van der Waals surface area contributed by atoms with E-state index in [1.54, 1.807) is 12.1 Å². The molecule has 1 aliphatic rings. The third kappa shape index (κ3) is 5.07. The third-order valence-corrected chi connectivity index (χ3v) is 4.90. The Balaban J connectivity index is 0.00000150. The van der Waals surface area contributed by atoms with Crippen molar-refractivity contribution in [1.29, 1.82) is 0 Å². The van der Waals surface area contributed by atoms with Crippen molar-refractivity contribution in [3.05, 3.63) is 71.2 Å². The van der Waals surface area contributed by atoms with Gasteiger partial charge in [-0.1, -0.05) is 24.3 Å². The van der Waals surface area contributed by atoms with Gasteiger partial charge in [-0.25, -0.2) is 4.98 Å². The molecule has 0 bridgehead atoms. The number of halogens is 4. The van der Waals surface area contributed by atoms with Gasteiger partial charge in [0.1, 0.15) is 11.4 Å². The molecular formula is C21H23Cl2F2N3O. The molecule has 0 fully saturated rings. The Kier molecular flexibility index (Phi) is 8.02. The molecule has 3 heterocycles. The smallest absolute Gasteiger partial charge is 0.387 e. The highest BCUT2D eigenvalue weighted by molar-refractivity contribution is 5.85. The highest BCUT2D eigenvalue weighted by atomic mass is 35.5. The van der Waals surface area contributed by atoms with Gasteiger partial charge < -0.3 is 14.5 Å². The lowest BCUT2D eigenvalue weighted by Crippen LogP contribution is -2.20. The average molecular weight is 442 g/mol. The van der Waals surface area contributed by atoms with E-state index in [4.69, 9.17) is 0 Å². The maximum Gasteiger partial charge on any atom is 0.387 e. The van der Waals surface area contributed by atoms with Crippen LogP contribution in [0.5, 0.6) is 5.75 Å². The first-order valence-corrected chi connectivity index (χ1v) is 9.02. The van der Waals surface area contributed by atoms with Crippen molar-refractivity contribution >= 4 is 36.0 Å². The van der Waals surface area contributed by atoms with Gasteiger partial charge in [-0.05, 0) is 49.2 Å². The van der Waals surface area contributed by atoms with E-state index in [2.05, 4.69) is 37.8 Å². The molecule has 8 heteroatoms. The van der Waals surface area contributed by atoms with Crippen molar-refractivity contribution in [2.75, 3.05) is 13.1 Å². The fourth-order valence-electron chi connectivity index (χ4n) is 3.54. The summed E-state index contributed by atoms with van der Waals surface area (Å²) in [5, 5.41) is 3.32. The second kappa shape index (κ2) is 10.1. The Morgan fingerprint density at radius 1 is 1.17 bits per heavy atom. The molecule has 2 aromatic heterocycles. The van der Waals surface area contributed by atoms with Crippen LogP contribution in [-0.2, 0) is 6.42 Å². The number of nitrogens with zero attached hydrogens (tertiary/aromatic N) is 2. The molecule has 0 saturated heterocycles. The Bertz CT molecular complexity index is 1000. The van der Waals surface area contributed by atoms with E-state index >= 15 is 0 Å². The van der Waals surface area contributed by atoms with E-state index in [1.165, 1.54) is 11.1 Å². The van der Waals surface area contributed by atoms with Crippen molar-refractivity contribution in [2.45, 2.75) is 26.4 Å². The predicted molar refractivity (Wildman–Crippen MR) is 116 cm³/mol. The monoisotopic (exact) mass is 441 g/mol. The van der Waals surface area contributed by atoms with E-state index in [0.717, 1.165) is 36.5 Å². The fourth-order valence-corrected chi connectivity index (χ4v) is 3.54. The van der Waals surface area contributed by atoms with Crippen LogP contribution < -0.4 is 10.1 Å². The number of aryl methyl sites for hydroxylation is 1. The van der Waals surface area contributed by atoms with Crippen LogP contribution in [0.3, 0.4) is 0 Å². The van der Waals surface area contributed by atoms with E-state index < -0.39 is 6.61 Å². The van der Waals surface area contributed by atoms with Crippen LogP contribution >= 0.6 is 24.8 Å². The Morgan fingerprint density at radius 2 is 1.97 bits per heavy atom. The summed E-state index contributed by atoms with van der Waals surface area (Å²) in [4.78, 5) is 4.63. The van der Waals surface area contributed by atoms with E-state index in [9.17, 15) is 8.78 Å². The number of para-hydroxylation sites is 1. The number of alkyl halides is 2. The number of benzene rings is 1. The molecule has 1 aliphatic heterocycles. The second-order valence-corrected chi connectivity index (χ2v) is 6.64. The van der Waals surface area contributed by atoms with E-state index in [-0.39, 0.29) is 30.6 Å². The van der Waals surface area contributed by atoms with Crippen molar-refractivity contribution in [2.24, 2.45) is 0 Å². The summed E-state index contributed by atoms with van der Waals surface area (Å²) < 4.78 is 32.2. The molecular weight excluding hydrogens is 419 g/mol. The number of pyridine rings is 1. The summed E-state index contributed by atoms with van der Waals surface area (Å²) in [5.41, 5.74) is 5.92. The molecule has 0 amide bonds. The Hall–Kier alpha value is -2.15. The number of ether oxygens (including phenoxy) is 1. The molecule has 0 unspecified atom stereocenters. The van der Waals surface area contributed by atoms with Crippen LogP contribution in [0.4, 0.5) is 8.78 Å². The SMILES string of the molecule is Cc1nc2ccc(C3=CCNCC3)cn2c1Cc1ccccc1OC(F)F.Cl.Cl. The molecule has 0 spiro atoms. The summed E-state index contributed by atoms with van der Waals surface area (Å²) in [7, 11) is 0. The van der Waals surface area contributed by atoms with Gasteiger partial charge in [0.15, 0.2) is 0 Å². The van der Waals surface area contributed by atoms with Crippen LogP contribution in [0.25, 0.3) is 11.2 Å². The van der Waals surface area contributed by atoms with Crippen molar-refractivity contribution < 1.29 is 13.5 Å². The van der Waals surface area contributed by atoms with Gasteiger partial charge in [0.05, 0.1) is 5.69 Å². The zero-order valence-electron chi connectivity index (χ0n) is 15.9. The minimum Gasteiger partial charge on any atom is -0.435 e. The number of hydrogen-bond acceptors (Lipinski definition) is 3. The highest BCUT2D eigenvalue weighted by Crippen LogP contribution is 2.27. The highest BCUT2D eigenvalue weighted by Gasteiger charge is 2.15. The topological polar surface area (TPSA) is 38.6 Å². The molecule has 0 radical (unpaired) electrons. The number of rotatable bonds is 5. The zero-order chi connectivity index (χ0) is 18.8. The van der Waals surface area contributed by atoms with Gasteiger partial charge in [0, 0.05) is 30.4 Å². The maximum absolute atomic E-state index is 12.7. The van der Waals surface area contributed by atoms with Crippen molar-refractivity contribution in [3.8, 4) is 5.75 Å². The Morgan fingerprint density at radius 3 is 2.69 bits per heavy atom. The number of nitrogens with one attached hydrogen (secondary N) is 1. The largest absolute Gasteiger partial charge is 0.435 e. The molecule has 0 atom stereocenters. The number of imidazole rings is 1. The third-order valence-electron chi connectivity index (χ3n) is 4.90. The molecule has 4 nitrogen and oxygen atoms in total. The normalized spacial score (nSPS) is 13.6. The summed E-state index contributed by atoms with van der Waals surface area (Å²) in [5.74, 6) is 0.207. The number of aromatic nitrogens is 2. The Labute approximate surface area is 180 Å². The minimum absolute atomic E-state index is 0. The van der Waals surface area contributed by atoms with E-state index in [1.807, 2.05) is 25.1 Å². The van der Waals surface area contributed by atoms with Gasteiger partial charge in [-0.3, -0.25) is 0 Å². The molecule has 156 valence electrons. The summed E-state index contributed by atoms with van der Waals surface area (Å²) in [6.07, 6.45) is 5.76. The second-order valence-electron chi connectivity index (χ2n) is 6.64. The predicted octanol–water partition coefficient (Wildman–Crippen LogP) is 5.06. The van der Waals surface area contributed by atoms with Crippen LogP contribution in [0, 0.1) is 6.92 Å². The summed E-state index contributed by atoms with van der Waals surface area (Å²) in [6.45, 7) is 0.954. The standard InChI is InChI=1S/C21H21F2N3O.2ClH/c1-14-18(12-16-4-2-3-5-19(16)27-21(22)23)26-13-17(6-7-20(26)25-14)15-8-10-24-11-9-15;;/h2-8,13,21,24H,9-12H2,1H3;2*1H. The van der Waals surface area contributed by atoms with Crippen LogP contribution in [0.2, 0.25) is 0 Å². The first-order valence-electron chi connectivity index (χ1n) is 9.02. The maximum atomic E-state index is 12.7. The number of hydrogen-bond donors (Lipinski definition) is 1. The van der Waals surface area contributed by atoms with Crippen molar-refractivity contribution in [1.82, 2.24) is 14.7 Å². The lowest BCUT2D eigenvalue weighted by molar-refractivity contribution is -0.0503. The summed E-state index contributed by atoms with van der Waals surface area (Å²) in [6, 6.07) is 11.0. The van der Waals surface area contributed by atoms with Crippen LogP contribution in [-0.4, -0.2) is 29.1 Å². The number of fused-ring (bicyclic) bond motifs is 1. The molecule has 29 heavy (non-hydrogen) atoms. The van der Waals surface area contributed by atoms with Crippen LogP contribution in [0.1, 0.15) is 28.9 Å². The first-order chi connectivity index (χ1) is 13.1. The molecule has 1 N–H and O–H groups in total. The van der Waals surface area contributed by atoms with Gasteiger partial charge in [-0.15, -0.1) is 24.8 Å². The van der Waals surface area contributed by atoms with Crippen molar-refractivity contribution in [3.63, 3.8) is 0 Å². The minimum atomic E-state index is -2.84. The van der Waals surface area contributed by atoms with Gasteiger partial charge in [0.2, 0.25) is 0 Å². The fraction of sp³-hybridized carbons (Fsp3) is 0.286. The summed E-state index contributed by atoms with van der Waals surface area (Å²) >= 11 is 0. The molecule has 4 rings (SSSR count). The van der Waals surface area contributed by atoms with Crippen LogP contribution in [0.15, 0.2) is 48.7 Å². The zero-order valence-corrected chi connectivity index (χ0v) is 17.5. The average Bonchev–Trinajstić information content (AvgIpc) is 2.98. The van der Waals surface area contributed by atoms with Gasteiger partial charge in [-0.2, -0.15) is 8.78 Å². The molecule has 1 aromatic carbocycles. The lowest BCUT2D eigenvalue weighted by atomic mass is 10.0. The molecule has 3 aromatic rings. The first kappa shape index (κ1) is 23.1. The quantitative estimate of drug-likeness (QED) is 0.601.